The van der Waals surface area contributed by atoms with Gasteiger partial charge in [0, 0.05) is 0 Å². The van der Waals surface area contributed by atoms with Gasteiger partial charge < -0.3 is 9.47 Å². The normalized spacial score (nSPS) is 15.9. The summed E-state index contributed by atoms with van der Waals surface area (Å²) in [6.45, 7) is 7.40. The molecule has 1 atom stereocenters. The number of ether oxygens (including phenoxy) is 2. The molecule has 0 bridgehead atoms. The van der Waals surface area contributed by atoms with Crippen LogP contribution in [0.15, 0.2) is 69.6 Å². The van der Waals surface area contributed by atoms with Gasteiger partial charge in [-0.2, -0.15) is 0 Å². The summed E-state index contributed by atoms with van der Waals surface area (Å²) in [5, 5.41) is 0. The molecule has 0 radical (unpaired) electrons. The number of hydrogen-bond acceptors (Lipinski definition) is 6. The Balaban J connectivity index is 1.92. The molecule has 4 rings (SSSR count). The number of thiazole rings is 1. The average molecular weight is 463 g/mol. The summed E-state index contributed by atoms with van der Waals surface area (Å²) in [5.74, 6) is 0.220. The minimum absolute atomic E-state index is 0.192. The van der Waals surface area contributed by atoms with Gasteiger partial charge >= 0.3 is 5.97 Å². The Labute approximate surface area is 196 Å². The van der Waals surface area contributed by atoms with E-state index in [4.69, 9.17) is 9.47 Å². The fourth-order valence-corrected chi connectivity index (χ4v) is 4.82. The Bertz CT molecular complexity index is 1390. The molecule has 0 saturated heterocycles. The number of esters is 1. The zero-order valence-corrected chi connectivity index (χ0v) is 20.1. The minimum Gasteiger partial charge on any atom is -0.497 e. The van der Waals surface area contributed by atoms with E-state index in [0.29, 0.717) is 26.4 Å². The van der Waals surface area contributed by atoms with Crippen molar-refractivity contribution in [2.24, 2.45) is 4.99 Å². The van der Waals surface area contributed by atoms with Crippen LogP contribution in [0.2, 0.25) is 0 Å². The fraction of sp³-hybridized carbons (Fsp3) is 0.269. The first-order chi connectivity index (χ1) is 15.8. The summed E-state index contributed by atoms with van der Waals surface area (Å²) in [6.07, 6.45) is 1.57. The number of methoxy groups -OCH3 is 1. The van der Waals surface area contributed by atoms with E-state index in [-0.39, 0.29) is 11.7 Å². The highest BCUT2D eigenvalue weighted by Crippen LogP contribution is 2.31. The molecule has 3 aromatic rings. The quantitative estimate of drug-likeness (QED) is 0.544. The highest BCUT2D eigenvalue weighted by atomic mass is 32.1. The van der Waals surface area contributed by atoms with E-state index < -0.39 is 12.0 Å². The zero-order chi connectivity index (χ0) is 23.7. The number of hydrogen-bond donors (Lipinski definition) is 0. The molecule has 1 unspecified atom stereocenters. The zero-order valence-electron chi connectivity index (χ0n) is 19.3. The van der Waals surface area contributed by atoms with Gasteiger partial charge in [-0.25, -0.2) is 9.79 Å². The van der Waals surface area contributed by atoms with Crippen molar-refractivity contribution in [1.29, 1.82) is 0 Å². The van der Waals surface area contributed by atoms with Crippen molar-refractivity contribution >= 4 is 23.4 Å². The lowest BCUT2D eigenvalue weighted by Gasteiger charge is -2.25. The van der Waals surface area contributed by atoms with Gasteiger partial charge in [0.25, 0.3) is 5.56 Å². The third kappa shape index (κ3) is 4.54. The summed E-state index contributed by atoms with van der Waals surface area (Å²) in [6, 6.07) is 14.7. The molecule has 2 heterocycles. The molecule has 0 fully saturated rings. The number of fused-ring (bicyclic) bond motifs is 1. The van der Waals surface area contributed by atoms with E-state index in [1.807, 2.05) is 61.5 Å². The predicted octanol–water partition coefficient (Wildman–Crippen LogP) is 3.50. The lowest BCUT2D eigenvalue weighted by molar-refractivity contribution is -0.143. The molecule has 0 N–H and O–H groups in total. The first-order valence-electron chi connectivity index (χ1n) is 10.7. The van der Waals surface area contributed by atoms with Crippen LogP contribution in [-0.4, -0.2) is 23.8 Å². The van der Waals surface area contributed by atoms with E-state index in [1.54, 1.807) is 32.4 Å². The third-order valence-corrected chi connectivity index (χ3v) is 6.37. The first-order valence-corrected chi connectivity index (χ1v) is 11.5. The van der Waals surface area contributed by atoms with Crippen molar-refractivity contribution < 1.29 is 14.3 Å². The molecule has 2 aromatic carbocycles. The van der Waals surface area contributed by atoms with E-state index in [2.05, 4.69) is 4.99 Å². The van der Waals surface area contributed by atoms with Crippen molar-refractivity contribution in [3.63, 3.8) is 0 Å². The topological polar surface area (TPSA) is 69.9 Å². The summed E-state index contributed by atoms with van der Waals surface area (Å²) in [4.78, 5) is 31.8. The van der Waals surface area contributed by atoms with Gasteiger partial charge in [0.2, 0.25) is 0 Å². The second-order valence-corrected chi connectivity index (χ2v) is 9.23. The standard InChI is InChI=1S/C26H26N2O4S/c1-15(2)32-25(30)22-17(4)27-26-28(23(22)19-10-12-20(31-5)13-11-19)24(29)21(33-26)14-18-8-6-16(3)7-9-18/h6-15,23H,1-5H3/b21-14-. The minimum atomic E-state index is -0.640. The molecular weight excluding hydrogens is 436 g/mol. The molecule has 1 aliphatic heterocycles. The molecule has 1 aromatic heterocycles. The second kappa shape index (κ2) is 9.19. The third-order valence-electron chi connectivity index (χ3n) is 5.39. The van der Waals surface area contributed by atoms with E-state index in [0.717, 1.165) is 16.7 Å². The van der Waals surface area contributed by atoms with Crippen LogP contribution in [-0.2, 0) is 9.53 Å². The summed E-state index contributed by atoms with van der Waals surface area (Å²) in [7, 11) is 1.60. The van der Waals surface area contributed by atoms with Crippen LogP contribution >= 0.6 is 11.3 Å². The van der Waals surface area contributed by atoms with Gasteiger partial charge in [-0.05, 0) is 57.0 Å². The maximum atomic E-state index is 13.6. The number of rotatable bonds is 5. The Morgan fingerprint density at radius 1 is 1.09 bits per heavy atom. The molecule has 33 heavy (non-hydrogen) atoms. The fourth-order valence-electron chi connectivity index (χ4n) is 3.78. The van der Waals surface area contributed by atoms with Gasteiger partial charge in [-0.15, -0.1) is 0 Å². The number of carbonyl (C=O) groups is 1. The van der Waals surface area contributed by atoms with E-state index >= 15 is 0 Å². The molecule has 6 nitrogen and oxygen atoms in total. The number of carbonyl (C=O) groups excluding carboxylic acids is 1. The van der Waals surface area contributed by atoms with Gasteiger partial charge in [-0.1, -0.05) is 53.3 Å². The van der Waals surface area contributed by atoms with Crippen molar-refractivity contribution in [2.75, 3.05) is 7.11 Å². The molecule has 0 amide bonds. The Kier molecular flexibility index (Phi) is 6.33. The monoisotopic (exact) mass is 462 g/mol. The van der Waals surface area contributed by atoms with Crippen LogP contribution in [0.1, 0.15) is 43.5 Å². The Hall–Kier alpha value is -3.45. The van der Waals surface area contributed by atoms with Crippen LogP contribution in [0.4, 0.5) is 0 Å². The summed E-state index contributed by atoms with van der Waals surface area (Å²) >= 11 is 1.32. The van der Waals surface area contributed by atoms with E-state index in [1.165, 1.54) is 11.3 Å². The Morgan fingerprint density at radius 3 is 2.36 bits per heavy atom. The van der Waals surface area contributed by atoms with E-state index in [9.17, 15) is 9.59 Å². The highest BCUT2D eigenvalue weighted by molar-refractivity contribution is 7.07. The van der Waals surface area contributed by atoms with Gasteiger partial charge in [0.15, 0.2) is 4.80 Å². The SMILES string of the molecule is COc1ccc(C2C(C(=O)OC(C)C)=C(C)N=c3s/c(=C\c4ccc(C)cc4)c(=O)n32)cc1. The van der Waals surface area contributed by atoms with Gasteiger partial charge in [0.05, 0.1) is 35.1 Å². The van der Waals surface area contributed by atoms with Gasteiger partial charge in [0.1, 0.15) is 5.75 Å². The maximum Gasteiger partial charge on any atom is 0.338 e. The molecule has 170 valence electrons. The van der Waals surface area contributed by atoms with Gasteiger partial charge in [-0.3, -0.25) is 9.36 Å². The number of aromatic nitrogens is 1. The highest BCUT2D eigenvalue weighted by Gasteiger charge is 2.33. The van der Waals surface area contributed by atoms with Crippen LogP contribution in [0.25, 0.3) is 6.08 Å². The summed E-state index contributed by atoms with van der Waals surface area (Å²) < 4.78 is 13.0. The predicted molar refractivity (Wildman–Crippen MR) is 129 cm³/mol. The molecule has 1 aliphatic rings. The number of nitrogens with zero attached hydrogens (tertiary/aromatic N) is 2. The molecule has 0 saturated carbocycles. The van der Waals surface area contributed by atoms with Crippen molar-refractivity contribution in [2.45, 2.75) is 39.8 Å². The molecule has 7 heteroatoms. The van der Waals surface area contributed by atoms with Crippen molar-refractivity contribution in [3.05, 3.63) is 96.2 Å². The van der Waals surface area contributed by atoms with Crippen LogP contribution < -0.4 is 19.6 Å². The lowest BCUT2D eigenvalue weighted by atomic mass is 9.96. The number of aryl methyl sites for hydroxylation is 1. The van der Waals surface area contributed by atoms with Crippen molar-refractivity contribution in [3.8, 4) is 5.75 Å². The number of benzene rings is 2. The van der Waals surface area contributed by atoms with Crippen LogP contribution in [0, 0.1) is 6.92 Å². The van der Waals surface area contributed by atoms with Crippen LogP contribution in [0.3, 0.4) is 0 Å². The maximum absolute atomic E-state index is 13.6. The smallest absolute Gasteiger partial charge is 0.338 e. The Morgan fingerprint density at radius 2 is 1.76 bits per heavy atom. The molecule has 0 aliphatic carbocycles. The largest absolute Gasteiger partial charge is 0.497 e. The number of allylic oxidation sites excluding steroid dienone is 1. The van der Waals surface area contributed by atoms with Crippen molar-refractivity contribution in [1.82, 2.24) is 4.57 Å². The lowest BCUT2D eigenvalue weighted by Crippen LogP contribution is -2.40. The second-order valence-electron chi connectivity index (χ2n) is 8.22. The van der Waals surface area contributed by atoms with Crippen LogP contribution in [0.5, 0.6) is 5.75 Å². The molecule has 0 spiro atoms. The average Bonchev–Trinajstić information content (AvgIpc) is 3.08. The first kappa shape index (κ1) is 22.7. The summed E-state index contributed by atoms with van der Waals surface area (Å²) in [5.41, 5.74) is 3.58. The molecular formula is C26H26N2O4S.